The van der Waals surface area contributed by atoms with E-state index in [0.717, 1.165) is 5.56 Å². The Morgan fingerprint density at radius 3 is 2.56 bits per heavy atom. The predicted molar refractivity (Wildman–Crippen MR) is 105 cm³/mol. The maximum Gasteiger partial charge on any atom is 0.335 e. The topological polar surface area (TPSA) is 40.5 Å². The summed E-state index contributed by atoms with van der Waals surface area (Å²) in [4.78, 5) is 13.4. The summed E-state index contributed by atoms with van der Waals surface area (Å²) in [6, 6.07) is 5.21. The average Bonchev–Trinajstić information content (AvgIpc) is 2.62. The van der Waals surface area contributed by atoms with Gasteiger partial charge in [0, 0.05) is 29.1 Å². The first kappa shape index (κ1) is 21.2. The van der Waals surface area contributed by atoms with E-state index in [0.29, 0.717) is 23.1 Å². The number of rotatable bonds is 3. The SMILES string of the molecule is C#C.CC1/C=C\C=C/CN(Cc2ccc(Cl)cc2Cl)/C(Cl)=C\1C(=O)O. The Morgan fingerprint density at radius 1 is 1.28 bits per heavy atom. The second-order valence-electron chi connectivity index (χ2n) is 5.23. The molecule has 6 heteroatoms. The van der Waals surface area contributed by atoms with Crippen LogP contribution in [0.5, 0.6) is 0 Å². The van der Waals surface area contributed by atoms with Gasteiger partial charge < -0.3 is 10.0 Å². The molecule has 0 bridgehead atoms. The van der Waals surface area contributed by atoms with Gasteiger partial charge >= 0.3 is 5.97 Å². The summed E-state index contributed by atoms with van der Waals surface area (Å²) in [5.74, 6) is -1.33. The lowest BCUT2D eigenvalue weighted by Gasteiger charge is -2.25. The van der Waals surface area contributed by atoms with Gasteiger partial charge in [-0.05, 0) is 17.7 Å². The van der Waals surface area contributed by atoms with Crippen LogP contribution >= 0.6 is 34.8 Å². The molecular weight excluding hydrogens is 381 g/mol. The fraction of sp³-hybridized carbons (Fsp3) is 0.211. The number of allylic oxidation sites excluding steroid dienone is 3. The van der Waals surface area contributed by atoms with Gasteiger partial charge in [-0.3, -0.25) is 0 Å². The minimum Gasteiger partial charge on any atom is -0.478 e. The molecule has 25 heavy (non-hydrogen) atoms. The minimum atomic E-state index is -1.03. The lowest BCUT2D eigenvalue weighted by Crippen LogP contribution is -2.25. The van der Waals surface area contributed by atoms with Crippen molar-refractivity contribution in [2.75, 3.05) is 6.54 Å². The lowest BCUT2D eigenvalue weighted by molar-refractivity contribution is -0.133. The van der Waals surface area contributed by atoms with Crippen LogP contribution in [0.15, 0.2) is 53.2 Å². The van der Waals surface area contributed by atoms with E-state index in [4.69, 9.17) is 34.8 Å². The van der Waals surface area contributed by atoms with Gasteiger partial charge in [-0.15, -0.1) is 12.8 Å². The molecule has 0 saturated heterocycles. The van der Waals surface area contributed by atoms with E-state index in [1.807, 2.05) is 24.3 Å². The van der Waals surface area contributed by atoms with E-state index in [1.54, 1.807) is 30.0 Å². The number of carboxylic acid groups (broad SMARTS) is 1. The number of hydrogen-bond acceptors (Lipinski definition) is 2. The molecule has 0 spiro atoms. The van der Waals surface area contributed by atoms with Crippen LogP contribution < -0.4 is 0 Å². The van der Waals surface area contributed by atoms with E-state index in [1.165, 1.54) is 0 Å². The third-order valence-corrected chi connectivity index (χ3v) is 4.56. The van der Waals surface area contributed by atoms with E-state index >= 15 is 0 Å². The fourth-order valence-corrected chi connectivity index (χ4v) is 3.15. The number of benzene rings is 1. The van der Waals surface area contributed by atoms with Crippen LogP contribution in [0.2, 0.25) is 10.0 Å². The third-order valence-electron chi connectivity index (χ3n) is 3.53. The van der Waals surface area contributed by atoms with Crippen molar-refractivity contribution in [3.8, 4) is 12.8 Å². The molecule has 1 unspecified atom stereocenters. The number of aliphatic carboxylic acids is 1. The van der Waals surface area contributed by atoms with Crippen LogP contribution in [0.25, 0.3) is 0 Å². The number of carbonyl (C=O) groups is 1. The zero-order valence-electron chi connectivity index (χ0n) is 13.6. The summed E-state index contributed by atoms with van der Waals surface area (Å²) in [7, 11) is 0. The van der Waals surface area contributed by atoms with Crippen LogP contribution in [0.3, 0.4) is 0 Å². The molecule has 1 aromatic carbocycles. The van der Waals surface area contributed by atoms with Gasteiger partial charge in [0.25, 0.3) is 0 Å². The van der Waals surface area contributed by atoms with Gasteiger partial charge in [-0.25, -0.2) is 4.79 Å². The second kappa shape index (κ2) is 10.2. The molecule has 0 aliphatic carbocycles. The maximum atomic E-state index is 11.6. The Labute approximate surface area is 163 Å². The van der Waals surface area contributed by atoms with Crippen molar-refractivity contribution in [3.05, 3.63) is 68.8 Å². The summed E-state index contributed by atoms with van der Waals surface area (Å²) < 4.78 is 0. The van der Waals surface area contributed by atoms with Crippen molar-refractivity contribution in [2.45, 2.75) is 13.5 Å². The lowest BCUT2D eigenvalue weighted by atomic mass is 10.0. The Bertz CT molecular complexity index is 735. The van der Waals surface area contributed by atoms with Crippen molar-refractivity contribution in [2.24, 2.45) is 5.92 Å². The minimum absolute atomic E-state index is 0.164. The number of halogens is 3. The van der Waals surface area contributed by atoms with E-state index in [2.05, 4.69) is 12.8 Å². The zero-order valence-corrected chi connectivity index (χ0v) is 15.9. The zero-order chi connectivity index (χ0) is 19.0. The molecule has 0 aromatic heterocycles. The Kier molecular flexibility index (Phi) is 8.65. The molecular formula is C19H18Cl3NO2. The van der Waals surface area contributed by atoms with E-state index in [9.17, 15) is 9.90 Å². The monoisotopic (exact) mass is 397 g/mol. The van der Waals surface area contributed by atoms with Crippen molar-refractivity contribution < 1.29 is 9.90 Å². The van der Waals surface area contributed by atoms with Crippen molar-refractivity contribution in [3.63, 3.8) is 0 Å². The molecule has 0 radical (unpaired) electrons. The highest BCUT2D eigenvalue weighted by Gasteiger charge is 2.23. The van der Waals surface area contributed by atoms with E-state index < -0.39 is 5.97 Å². The highest BCUT2D eigenvalue weighted by Crippen LogP contribution is 2.28. The third kappa shape index (κ3) is 5.86. The van der Waals surface area contributed by atoms with Crippen LogP contribution in [-0.4, -0.2) is 22.5 Å². The van der Waals surface area contributed by atoms with Gasteiger partial charge in [0.2, 0.25) is 0 Å². The maximum absolute atomic E-state index is 11.6. The molecule has 0 amide bonds. The van der Waals surface area contributed by atoms with Gasteiger partial charge in [0.05, 0.1) is 5.57 Å². The standard InChI is InChI=1S/C17H16Cl3NO2.C2H2/c1-11-5-3-2-4-8-21(16(20)15(11)17(22)23)10-12-6-7-13(18)9-14(12)19;1-2/h2-7,9,11H,8,10H2,1H3,(H,22,23);1-2H/b4-2-,5-3-,16-15+;. The molecule has 2 rings (SSSR count). The number of terminal acetylenes is 1. The molecule has 0 saturated carbocycles. The van der Waals surface area contributed by atoms with Gasteiger partial charge in [-0.1, -0.05) is 72.1 Å². The number of carboxylic acids is 1. The summed E-state index contributed by atoms with van der Waals surface area (Å²) in [5.41, 5.74) is 0.990. The molecule has 3 nitrogen and oxygen atoms in total. The molecule has 1 aliphatic heterocycles. The van der Waals surface area contributed by atoms with E-state index in [-0.39, 0.29) is 16.6 Å². The predicted octanol–water partition coefficient (Wildman–Crippen LogP) is 5.34. The van der Waals surface area contributed by atoms with Crippen LogP contribution in [0.1, 0.15) is 12.5 Å². The highest BCUT2D eigenvalue weighted by atomic mass is 35.5. The van der Waals surface area contributed by atoms with Crippen LogP contribution in [0, 0.1) is 18.8 Å². The first-order chi connectivity index (χ1) is 11.9. The Balaban J connectivity index is 0.00000151. The largest absolute Gasteiger partial charge is 0.478 e. The number of hydrogen-bond donors (Lipinski definition) is 1. The quantitative estimate of drug-likeness (QED) is 0.552. The summed E-state index contributed by atoms with van der Waals surface area (Å²) in [6.07, 6.45) is 15.4. The van der Waals surface area contributed by atoms with Gasteiger partial charge in [-0.2, -0.15) is 0 Å². The summed E-state index contributed by atoms with van der Waals surface area (Å²) in [6.45, 7) is 2.67. The second-order valence-corrected chi connectivity index (χ2v) is 6.43. The van der Waals surface area contributed by atoms with Crippen molar-refractivity contribution >= 4 is 40.8 Å². The molecule has 1 aromatic rings. The molecule has 1 heterocycles. The summed E-state index contributed by atoms with van der Waals surface area (Å²) >= 11 is 18.5. The van der Waals surface area contributed by atoms with Crippen molar-refractivity contribution in [1.29, 1.82) is 0 Å². The highest BCUT2D eigenvalue weighted by molar-refractivity contribution is 6.35. The normalized spacial score (nSPS) is 22.6. The molecule has 1 N–H and O–H groups in total. The van der Waals surface area contributed by atoms with Crippen molar-refractivity contribution in [1.82, 2.24) is 4.90 Å². The Morgan fingerprint density at radius 2 is 1.96 bits per heavy atom. The smallest absolute Gasteiger partial charge is 0.335 e. The fourth-order valence-electron chi connectivity index (χ4n) is 2.30. The summed E-state index contributed by atoms with van der Waals surface area (Å²) in [5, 5.41) is 10.8. The number of nitrogens with zero attached hydrogens (tertiary/aromatic N) is 1. The van der Waals surface area contributed by atoms with Gasteiger partial charge in [0.1, 0.15) is 5.16 Å². The first-order valence-electron chi connectivity index (χ1n) is 7.38. The molecule has 1 atom stereocenters. The van der Waals surface area contributed by atoms with Crippen LogP contribution in [0.4, 0.5) is 0 Å². The first-order valence-corrected chi connectivity index (χ1v) is 8.52. The van der Waals surface area contributed by atoms with Gasteiger partial charge in [0.15, 0.2) is 0 Å². The van der Waals surface area contributed by atoms with Crippen LogP contribution in [-0.2, 0) is 11.3 Å². The Hall–Kier alpha value is -1.86. The average molecular weight is 399 g/mol. The molecule has 1 aliphatic rings. The molecule has 0 fully saturated rings. The molecule has 132 valence electrons.